The zero-order valence-corrected chi connectivity index (χ0v) is 21.6. The molecule has 0 spiro atoms. The minimum absolute atomic E-state index is 0.425. The third-order valence-corrected chi connectivity index (χ3v) is 8.11. The molecule has 0 radical (unpaired) electrons. The summed E-state index contributed by atoms with van der Waals surface area (Å²) in [6, 6.07) is 47.5. The van der Waals surface area contributed by atoms with E-state index in [9.17, 15) is 5.26 Å². The van der Waals surface area contributed by atoms with E-state index in [0.29, 0.717) is 5.69 Å². The minimum atomic E-state index is 0.425. The van der Waals surface area contributed by atoms with Crippen molar-refractivity contribution in [2.75, 3.05) is 0 Å². The van der Waals surface area contributed by atoms with E-state index in [-0.39, 0.29) is 0 Å². The summed E-state index contributed by atoms with van der Waals surface area (Å²) in [6.45, 7) is 0. The molecule has 1 aromatic heterocycles. The van der Waals surface area contributed by atoms with Crippen molar-refractivity contribution < 1.29 is 0 Å². The number of hydrogen-bond acceptors (Lipinski definition) is 2. The summed E-state index contributed by atoms with van der Waals surface area (Å²) in [4.78, 5) is 4.36. The first-order valence-electron chi connectivity index (χ1n) is 13.5. The van der Waals surface area contributed by atoms with Crippen molar-refractivity contribution in [3.8, 4) is 61.7 Å². The summed E-state index contributed by atoms with van der Waals surface area (Å²) in [7, 11) is 0. The highest BCUT2D eigenvalue weighted by Gasteiger charge is 2.31. The van der Waals surface area contributed by atoms with Crippen molar-refractivity contribution >= 4 is 21.5 Å². The summed E-state index contributed by atoms with van der Waals surface area (Å²) in [5.74, 6) is 0. The van der Waals surface area contributed by atoms with E-state index < -0.39 is 0 Å². The SMILES string of the molecule is N#Cc1ccc(-c2ccc3c4c(cccc24)-c2c-3c(-c3ccccc3)c3ccccc3c2-c2ccccc2)cn1. The van der Waals surface area contributed by atoms with Gasteiger partial charge in [0.2, 0.25) is 0 Å². The van der Waals surface area contributed by atoms with Crippen molar-refractivity contribution in [1.29, 1.82) is 5.26 Å². The van der Waals surface area contributed by atoms with Gasteiger partial charge in [-0.05, 0) is 83.7 Å². The van der Waals surface area contributed by atoms with Crippen LogP contribution in [-0.4, -0.2) is 4.98 Å². The summed E-state index contributed by atoms with van der Waals surface area (Å²) in [6.07, 6.45) is 1.81. The van der Waals surface area contributed by atoms with Crippen LogP contribution in [-0.2, 0) is 0 Å². The average molecular weight is 507 g/mol. The first kappa shape index (κ1) is 22.5. The molecular formula is C38H22N2. The number of benzene rings is 6. The van der Waals surface area contributed by atoms with E-state index in [4.69, 9.17) is 0 Å². The maximum atomic E-state index is 9.26. The molecule has 0 fully saturated rings. The first-order chi connectivity index (χ1) is 19.8. The molecule has 0 atom stereocenters. The minimum Gasteiger partial charge on any atom is -0.245 e. The molecule has 0 aliphatic heterocycles. The maximum absolute atomic E-state index is 9.26. The zero-order valence-electron chi connectivity index (χ0n) is 21.6. The Bertz CT molecular complexity index is 2040. The molecule has 0 saturated carbocycles. The van der Waals surface area contributed by atoms with Gasteiger partial charge in [-0.15, -0.1) is 0 Å². The predicted molar refractivity (Wildman–Crippen MR) is 165 cm³/mol. The molecule has 2 heteroatoms. The molecule has 1 aliphatic rings. The van der Waals surface area contributed by atoms with Crippen LogP contribution in [0.1, 0.15) is 5.69 Å². The molecule has 7 aromatic rings. The van der Waals surface area contributed by atoms with Crippen molar-refractivity contribution in [3.63, 3.8) is 0 Å². The number of nitriles is 1. The number of aromatic nitrogens is 1. The van der Waals surface area contributed by atoms with Gasteiger partial charge in [-0.2, -0.15) is 5.26 Å². The van der Waals surface area contributed by atoms with Crippen LogP contribution < -0.4 is 0 Å². The Balaban J connectivity index is 1.55. The normalized spacial score (nSPS) is 11.5. The van der Waals surface area contributed by atoms with Gasteiger partial charge >= 0.3 is 0 Å². The Morgan fingerprint density at radius 3 is 1.55 bits per heavy atom. The van der Waals surface area contributed by atoms with Crippen molar-refractivity contribution in [2.45, 2.75) is 0 Å². The van der Waals surface area contributed by atoms with E-state index in [0.717, 1.165) is 11.1 Å². The predicted octanol–water partition coefficient (Wildman–Crippen LogP) is 9.91. The molecule has 0 bridgehead atoms. The van der Waals surface area contributed by atoms with E-state index >= 15 is 0 Å². The van der Waals surface area contributed by atoms with Crippen LogP contribution in [0.25, 0.3) is 77.2 Å². The number of pyridine rings is 1. The van der Waals surface area contributed by atoms with Gasteiger partial charge in [-0.1, -0.05) is 115 Å². The fourth-order valence-corrected chi connectivity index (χ4v) is 6.48. The Labute approximate surface area is 232 Å². The monoisotopic (exact) mass is 506 g/mol. The molecule has 0 N–H and O–H groups in total. The topological polar surface area (TPSA) is 36.7 Å². The van der Waals surface area contributed by atoms with Gasteiger partial charge in [0.05, 0.1) is 0 Å². The standard InChI is InChI=1S/C38H22N2/c39-22-27-19-18-26(23-40-27)28-20-21-33-36-29(28)16-9-17-32(36)37-34(24-10-3-1-4-11-24)30-14-7-8-15-31(30)35(38(33)37)25-12-5-2-6-13-25/h1-21,23H. The number of fused-ring (bicyclic) bond motifs is 4. The van der Waals surface area contributed by atoms with Crippen LogP contribution >= 0.6 is 0 Å². The summed E-state index contributed by atoms with van der Waals surface area (Å²) in [5.41, 5.74) is 12.6. The third-order valence-electron chi connectivity index (χ3n) is 8.11. The van der Waals surface area contributed by atoms with Crippen molar-refractivity contribution in [2.24, 2.45) is 0 Å². The molecule has 1 aliphatic carbocycles. The Morgan fingerprint density at radius 1 is 0.425 bits per heavy atom. The van der Waals surface area contributed by atoms with E-state index in [1.807, 2.05) is 12.3 Å². The lowest BCUT2D eigenvalue weighted by Crippen LogP contribution is -1.93. The molecule has 2 nitrogen and oxygen atoms in total. The number of hydrogen-bond donors (Lipinski definition) is 0. The molecular weight excluding hydrogens is 484 g/mol. The maximum Gasteiger partial charge on any atom is 0.140 e. The van der Waals surface area contributed by atoms with Gasteiger partial charge in [-0.25, -0.2) is 4.98 Å². The Kier molecular flexibility index (Phi) is 4.92. The van der Waals surface area contributed by atoms with Crippen LogP contribution in [0.3, 0.4) is 0 Å². The van der Waals surface area contributed by atoms with Crippen LogP contribution in [0, 0.1) is 11.3 Å². The lowest BCUT2D eigenvalue weighted by atomic mass is 9.82. The highest BCUT2D eigenvalue weighted by atomic mass is 14.7. The Morgan fingerprint density at radius 2 is 0.975 bits per heavy atom. The second-order valence-corrected chi connectivity index (χ2v) is 10.2. The smallest absolute Gasteiger partial charge is 0.140 e. The number of nitrogens with zero attached hydrogens (tertiary/aromatic N) is 2. The van der Waals surface area contributed by atoms with Crippen LogP contribution in [0.2, 0.25) is 0 Å². The van der Waals surface area contributed by atoms with Crippen molar-refractivity contribution in [3.05, 3.63) is 139 Å². The molecule has 40 heavy (non-hydrogen) atoms. The van der Waals surface area contributed by atoms with Gasteiger partial charge in [-0.3, -0.25) is 0 Å². The van der Waals surface area contributed by atoms with Crippen molar-refractivity contribution in [1.82, 2.24) is 4.98 Å². The van der Waals surface area contributed by atoms with Gasteiger partial charge < -0.3 is 0 Å². The summed E-state index contributed by atoms with van der Waals surface area (Å²) < 4.78 is 0. The molecule has 0 saturated heterocycles. The van der Waals surface area contributed by atoms with E-state index in [1.165, 1.54) is 66.1 Å². The lowest BCUT2D eigenvalue weighted by Gasteiger charge is -2.20. The van der Waals surface area contributed by atoms with Gasteiger partial charge in [0, 0.05) is 11.8 Å². The number of rotatable bonds is 3. The second-order valence-electron chi connectivity index (χ2n) is 10.2. The highest BCUT2D eigenvalue weighted by molar-refractivity contribution is 6.28. The van der Waals surface area contributed by atoms with Gasteiger partial charge in [0.1, 0.15) is 11.8 Å². The first-order valence-corrected chi connectivity index (χ1v) is 13.5. The molecule has 1 heterocycles. The average Bonchev–Trinajstić information content (AvgIpc) is 3.36. The fraction of sp³-hybridized carbons (Fsp3) is 0. The van der Waals surface area contributed by atoms with Gasteiger partial charge in [0.25, 0.3) is 0 Å². The largest absolute Gasteiger partial charge is 0.245 e. The lowest BCUT2D eigenvalue weighted by molar-refractivity contribution is 1.27. The van der Waals surface area contributed by atoms with Gasteiger partial charge in [0.15, 0.2) is 0 Å². The van der Waals surface area contributed by atoms with E-state index in [2.05, 4.69) is 126 Å². The van der Waals surface area contributed by atoms with Crippen LogP contribution in [0.15, 0.2) is 134 Å². The van der Waals surface area contributed by atoms with Crippen LogP contribution in [0.4, 0.5) is 0 Å². The summed E-state index contributed by atoms with van der Waals surface area (Å²) >= 11 is 0. The third kappa shape index (κ3) is 3.19. The van der Waals surface area contributed by atoms with Crippen LogP contribution in [0.5, 0.6) is 0 Å². The molecule has 0 unspecified atom stereocenters. The Hall–Kier alpha value is -5.52. The molecule has 184 valence electrons. The zero-order chi connectivity index (χ0) is 26.6. The summed E-state index contributed by atoms with van der Waals surface area (Å²) in [5, 5.41) is 14.2. The fourth-order valence-electron chi connectivity index (χ4n) is 6.48. The molecule has 8 rings (SSSR count). The highest BCUT2D eigenvalue weighted by Crippen LogP contribution is 2.58. The quantitative estimate of drug-likeness (QED) is 0.239. The van der Waals surface area contributed by atoms with E-state index in [1.54, 1.807) is 6.07 Å². The molecule has 6 aromatic carbocycles. The molecule has 0 amide bonds. The second kappa shape index (κ2) is 8.76.